The minimum Gasteiger partial charge on any atom is -0.428 e. The second kappa shape index (κ2) is 2.23. The highest BCUT2D eigenvalue weighted by Gasteiger charge is 2.01. The molecule has 0 spiro atoms. The van der Waals surface area contributed by atoms with E-state index in [1.54, 1.807) is 18.6 Å². The SMILES string of the molecule is On1ccc2c(Br)cncc21. The molecule has 0 aromatic carbocycles. The molecule has 0 saturated carbocycles. The molecule has 0 unspecified atom stereocenters. The number of hydrogen-bond acceptors (Lipinski definition) is 2. The van der Waals surface area contributed by atoms with Gasteiger partial charge in [-0.05, 0) is 22.0 Å². The molecule has 0 radical (unpaired) electrons. The third-order valence-electron chi connectivity index (χ3n) is 1.55. The Hall–Kier alpha value is -1.03. The summed E-state index contributed by atoms with van der Waals surface area (Å²) in [5.41, 5.74) is 0.708. The zero-order chi connectivity index (χ0) is 7.84. The van der Waals surface area contributed by atoms with Crippen molar-refractivity contribution >= 4 is 26.8 Å². The lowest BCUT2D eigenvalue weighted by Crippen LogP contribution is -1.86. The van der Waals surface area contributed by atoms with Gasteiger partial charge in [0.05, 0.1) is 6.20 Å². The summed E-state index contributed by atoms with van der Waals surface area (Å²) in [6, 6.07) is 1.82. The number of halogens is 1. The van der Waals surface area contributed by atoms with E-state index in [9.17, 15) is 5.21 Å². The first-order chi connectivity index (χ1) is 5.29. The second-order valence-corrected chi connectivity index (χ2v) is 3.07. The van der Waals surface area contributed by atoms with Gasteiger partial charge >= 0.3 is 0 Å². The predicted octanol–water partition coefficient (Wildman–Crippen LogP) is 2.04. The molecule has 0 saturated heterocycles. The molecule has 0 aliphatic carbocycles. The van der Waals surface area contributed by atoms with Crippen molar-refractivity contribution in [3.05, 3.63) is 29.1 Å². The van der Waals surface area contributed by atoms with Crippen LogP contribution in [0.15, 0.2) is 29.1 Å². The molecular weight excluding hydrogens is 208 g/mol. The highest BCUT2D eigenvalue weighted by molar-refractivity contribution is 9.10. The number of rotatable bonds is 0. The smallest absolute Gasteiger partial charge is 0.106 e. The highest BCUT2D eigenvalue weighted by Crippen LogP contribution is 2.21. The van der Waals surface area contributed by atoms with Crippen molar-refractivity contribution in [2.24, 2.45) is 0 Å². The Morgan fingerprint density at radius 3 is 3.00 bits per heavy atom. The van der Waals surface area contributed by atoms with Gasteiger partial charge in [-0.3, -0.25) is 4.98 Å². The van der Waals surface area contributed by atoms with Crippen LogP contribution in [0.5, 0.6) is 0 Å². The number of pyridine rings is 1. The molecule has 2 aromatic rings. The number of nitrogens with zero attached hydrogens (tertiary/aromatic N) is 2. The lowest BCUT2D eigenvalue weighted by molar-refractivity contribution is 0.200. The van der Waals surface area contributed by atoms with Gasteiger partial charge in [0.1, 0.15) is 5.52 Å². The van der Waals surface area contributed by atoms with E-state index in [-0.39, 0.29) is 0 Å². The van der Waals surface area contributed by atoms with Gasteiger partial charge in [-0.25, -0.2) is 0 Å². The van der Waals surface area contributed by atoms with Crippen molar-refractivity contribution < 1.29 is 5.21 Å². The van der Waals surface area contributed by atoms with E-state index in [1.807, 2.05) is 6.07 Å². The lowest BCUT2D eigenvalue weighted by Gasteiger charge is -1.93. The van der Waals surface area contributed by atoms with Gasteiger partial charge in [0, 0.05) is 22.3 Å². The van der Waals surface area contributed by atoms with Gasteiger partial charge in [0.15, 0.2) is 0 Å². The Morgan fingerprint density at radius 2 is 2.27 bits per heavy atom. The van der Waals surface area contributed by atoms with Crippen molar-refractivity contribution in [1.29, 1.82) is 0 Å². The number of hydrogen-bond donors (Lipinski definition) is 1. The fourth-order valence-electron chi connectivity index (χ4n) is 1.01. The molecule has 0 aliphatic heterocycles. The van der Waals surface area contributed by atoms with Crippen LogP contribution in [0.1, 0.15) is 0 Å². The molecule has 0 bridgehead atoms. The van der Waals surface area contributed by atoms with Crippen molar-refractivity contribution in [3.63, 3.8) is 0 Å². The zero-order valence-corrected chi connectivity index (χ0v) is 7.12. The average Bonchev–Trinajstić information content (AvgIpc) is 2.35. The standard InChI is InChI=1S/C7H5BrN2O/c8-6-3-9-4-7-5(6)1-2-10(7)11/h1-4,11H. The largest absolute Gasteiger partial charge is 0.428 e. The summed E-state index contributed by atoms with van der Waals surface area (Å²) in [5, 5.41) is 10.2. The molecule has 2 rings (SSSR count). The monoisotopic (exact) mass is 212 g/mol. The molecule has 4 heteroatoms. The Bertz CT molecular complexity index is 396. The molecule has 2 heterocycles. The topological polar surface area (TPSA) is 38.0 Å². The summed E-state index contributed by atoms with van der Waals surface area (Å²) in [5.74, 6) is 0. The first-order valence-corrected chi connectivity index (χ1v) is 3.88. The third-order valence-corrected chi connectivity index (χ3v) is 2.18. The summed E-state index contributed by atoms with van der Waals surface area (Å²) < 4.78 is 1.94. The molecular formula is C7H5BrN2O. The Kier molecular flexibility index (Phi) is 1.35. The van der Waals surface area contributed by atoms with E-state index in [0.29, 0.717) is 5.52 Å². The van der Waals surface area contributed by atoms with Crippen molar-refractivity contribution in [3.8, 4) is 0 Å². The van der Waals surface area contributed by atoms with E-state index in [4.69, 9.17) is 0 Å². The summed E-state index contributed by atoms with van der Waals surface area (Å²) in [6.07, 6.45) is 4.89. The molecule has 0 atom stereocenters. The van der Waals surface area contributed by atoms with Crippen LogP contribution in [0.25, 0.3) is 10.9 Å². The van der Waals surface area contributed by atoms with E-state index in [0.717, 1.165) is 14.6 Å². The van der Waals surface area contributed by atoms with E-state index < -0.39 is 0 Å². The minimum absolute atomic E-state index is 0.708. The lowest BCUT2D eigenvalue weighted by atomic mass is 10.3. The Balaban J connectivity index is 2.94. The second-order valence-electron chi connectivity index (χ2n) is 2.21. The van der Waals surface area contributed by atoms with Gasteiger partial charge in [0.2, 0.25) is 0 Å². The van der Waals surface area contributed by atoms with Crippen LogP contribution in [0, 0.1) is 0 Å². The van der Waals surface area contributed by atoms with Gasteiger partial charge < -0.3 is 5.21 Å². The first-order valence-electron chi connectivity index (χ1n) is 3.09. The minimum atomic E-state index is 0.708. The normalized spacial score (nSPS) is 10.6. The van der Waals surface area contributed by atoms with Gasteiger partial charge in [-0.15, -0.1) is 0 Å². The molecule has 0 fully saturated rings. The third kappa shape index (κ3) is 0.903. The molecule has 11 heavy (non-hydrogen) atoms. The average molecular weight is 213 g/mol. The van der Waals surface area contributed by atoms with Crippen LogP contribution >= 0.6 is 15.9 Å². The predicted molar refractivity (Wildman–Crippen MR) is 44.6 cm³/mol. The van der Waals surface area contributed by atoms with Crippen molar-refractivity contribution in [2.45, 2.75) is 0 Å². The summed E-state index contributed by atoms with van der Waals surface area (Å²) >= 11 is 3.32. The molecule has 2 aromatic heterocycles. The fraction of sp³-hybridized carbons (Fsp3) is 0. The quantitative estimate of drug-likeness (QED) is 0.680. The van der Waals surface area contributed by atoms with Crippen molar-refractivity contribution in [2.75, 3.05) is 0 Å². The molecule has 0 amide bonds. The van der Waals surface area contributed by atoms with Crippen LogP contribution < -0.4 is 0 Å². The maximum absolute atomic E-state index is 9.19. The van der Waals surface area contributed by atoms with Crippen LogP contribution in [0.2, 0.25) is 0 Å². The molecule has 3 nitrogen and oxygen atoms in total. The number of aromatic nitrogens is 2. The van der Waals surface area contributed by atoms with Gasteiger partial charge in [-0.2, -0.15) is 4.73 Å². The van der Waals surface area contributed by atoms with Crippen LogP contribution in [0.3, 0.4) is 0 Å². The molecule has 1 N–H and O–H groups in total. The first kappa shape index (κ1) is 6.67. The maximum atomic E-state index is 9.19. The molecule has 56 valence electrons. The summed E-state index contributed by atoms with van der Waals surface area (Å²) in [4.78, 5) is 3.92. The number of fused-ring (bicyclic) bond motifs is 1. The highest BCUT2D eigenvalue weighted by atomic mass is 79.9. The van der Waals surface area contributed by atoms with Gasteiger partial charge in [-0.1, -0.05) is 0 Å². The van der Waals surface area contributed by atoms with Crippen molar-refractivity contribution in [1.82, 2.24) is 9.71 Å². The van der Waals surface area contributed by atoms with Crippen LogP contribution in [-0.4, -0.2) is 14.9 Å². The van der Waals surface area contributed by atoms with E-state index in [2.05, 4.69) is 20.9 Å². The maximum Gasteiger partial charge on any atom is 0.106 e. The van der Waals surface area contributed by atoms with E-state index >= 15 is 0 Å². The van der Waals surface area contributed by atoms with Gasteiger partial charge in [0.25, 0.3) is 0 Å². The Morgan fingerprint density at radius 1 is 1.45 bits per heavy atom. The molecule has 0 aliphatic rings. The summed E-state index contributed by atoms with van der Waals surface area (Å²) in [6.45, 7) is 0. The van der Waals surface area contributed by atoms with Crippen LogP contribution in [-0.2, 0) is 0 Å². The fourth-order valence-corrected chi connectivity index (χ4v) is 1.46. The summed E-state index contributed by atoms with van der Waals surface area (Å²) in [7, 11) is 0. The van der Waals surface area contributed by atoms with E-state index in [1.165, 1.54) is 0 Å². The Labute approximate surface area is 71.4 Å². The van der Waals surface area contributed by atoms with Crippen LogP contribution in [0.4, 0.5) is 0 Å². The zero-order valence-electron chi connectivity index (χ0n) is 5.53.